The van der Waals surface area contributed by atoms with E-state index in [2.05, 4.69) is 67.7 Å². The van der Waals surface area contributed by atoms with Gasteiger partial charge in [-0.1, -0.05) is 78.0 Å². The molecule has 1 atom stereocenters. The largest absolute Gasteiger partial charge is 0.489 e. The fourth-order valence-corrected chi connectivity index (χ4v) is 6.05. The number of ether oxygens (including phenoxy) is 2. The lowest BCUT2D eigenvalue weighted by Crippen LogP contribution is -2.49. The van der Waals surface area contributed by atoms with Crippen LogP contribution in [0.3, 0.4) is 0 Å². The Hall–Kier alpha value is -2.73. The van der Waals surface area contributed by atoms with Gasteiger partial charge in [0.15, 0.2) is 8.32 Å². The van der Waals surface area contributed by atoms with Gasteiger partial charge in [-0.25, -0.2) is 4.79 Å². The van der Waals surface area contributed by atoms with Crippen molar-refractivity contribution < 1.29 is 28.0 Å². The van der Waals surface area contributed by atoms with Crippen molar-refractivity contribution in [2.45, 2.75) is 96.9 Å². The van der Waals surface area contributed by atoms with Crippen LogP contribution in [0, 0.1) is 0 Å². The number of hydrogen-bond acceptors (Lipinski definition) is 6. The lowest BCUT2D eigenvalue weighted by Gasteiger charge is -2.41. The van der Waals surface area contributed by atoms with E-state index in [0.717, 1.165) is 11.1 Å². The maximum Gasteiger partial charge on any atom is 0.338 e. The van der Waals surface area contributed by atoms with Crippen molar-refractivity contribution in [3.05, 3.63) is 71.3 Å². The molecule has 41 heavy (non-hydrogen) atoms. The maximum atomic E-state index is 13.8. The molecule has 0 saturated carbocycles. The number of hydroxylamine groups is 1. The monoisotopic (exact) mass is 597 g/mol. The van der Waals surface area contributed by atoms with Crippen molar-refractivity contribution in [3.63, 3.8) is 0 Å². The second-order valence-electron chi connectivity index (χ2n) is 13.7. The van der Waals surface area contributed by atoms with Crippen molar-refractivity contribution in [2.24, 2.45) is 0 Å². The van der Waals surface area contributed by atoms with Crippen molar-refractivity contribution in [3.8, 4) is 5.75 Å². The van der Waals surface area contributed by atoms with Crippen molar-refractivity contribution in [1.82, 2.24) is 0 Å². The number of rotatable bonds is 8. The predicted molar refractivity (Wildman–Crippen MR) is 169 cm³/mol. The van der Waals surface area contributed by atoms with Gasteiger partial charge in [-0.3, -0.25) is 4.79 Å². The second kappa shape index (κ2) is 12.3. The zero-order chi connectivity index (χ0) is 30.8. The fourth-order valence-electron chi connectivity index (χ4n) is 3.86. The van der Waals surface area contributed by atoms with Gasteiger partial charge in [0.2, 0.25) is 8.32 Å². The number of nitrogens with zero attached hydrogens (tertiary/aromatic N) is 1. The zero-order valence-corrected chi connectivity index (χ0v) is 28.6. The average Bonchev–Trinajstić information content (AvgIpc) is 2.87. The molecule has 0 fully saturated rings. The van der Waals surface area contributed by atoms with Gasteiger partial charge < -0.3 is 18.4 Å². The molecule has 224 valence electrons. The number of hydrogen-bond donors (Lipinski definition) is 0. The van der Waals surface area contributed by atoms with E-state index in [-0.39, 0.29) is 27.7 Å². The summed E-state index contributed by atoms with van der Waals surface area (Å²) in [6.07, 6.45) is 3.44. The number of benzene rings is 2. The molecule has 0 aliphatic carbocycles. The highest BCUT2D eigenvalue weighted by Gasteiger charge is 2.43. The lowest BCUT2D eigenvalue weighted by molar-refractivity contribution is -0.118. The minimum Gasteiger partial charge on any atom is -0.489 e. The van der Waals surface area contributed by atoms with Crippen molar-refractivity contribution in [2.75, 3.05) is 12.2 Å². The molecule has 0 aromatic heterocycles. The molecule has 1 amide bonds. The second-order valence-corrected chi connectivity index (χ2v) is 23.2. The van der Waals surface area contributed by atoms with Crippen LogP contribution in [0.5, 0.6) is 5.75 Å². The maximum absolute atomic E-state index is 13.8. The first-order valence-corrected chi connectivity index (χ1v) is 20.0. The summed E-state index contributed by atoms with van der Waals surface area (Å²) in [6, 6.07) is 13.2. The first-order valence-electron chi connectivity index (χ1n) is 14.2. The summed E-state index contributed by atoms with van der Waals surface area (Å²) in [4.78, 5) is 26.6. The van der Waals surface area contributed by atoms with Gasteiger partial charge in [0, 0.05) is 18.1 Å². The molecule has 0 bridgehead atoms. The molecule has 0 N–H and O–H groups in total. The molecule has 9 heteroatoms. The molecule has 0 saturated heterocycles. The van der Waals surface area contributed by atoms with E-state index in [4.69, 9.17) is 18.4 Å². The summed E-state index contributed by atoms with van der Waals surface area (Å²) in [6.45, 7) is 21.8. The first kappa shape index (κ1) is 32.8. The predicted octanol–water partition coefficient (Wildman–Crippen LogP) is 7.82. The van der Waals surface area contributed by atoms with Gasteiger partial charge in [0.1, 0.15) is 12.4 Å². The molecule has 0 unspecified atom stereocenters. The van der Waals surface area contributed by atoms with Gasteiger partial charge in [-0.05, 0) is 54.0 Å². The van der Waals surface area contributed by atoms with E-state index in [9.17, 15) is 9.59 Å². The van der Waals surface area contributed by atoms with Crippen LogP contribution in [0.15, 0.2) is 54.6 Å². The van der Waals surface area contributed by atoms with E-state index < -0.39 is 22.6 Å². The number of carbonyl (C=O) groups is 2. The highest BCUT2D eigenvalue weighted by molar-refractivity contribution is 6.74. The van der Waals surface area contributed by atoms with E-state index >= 15 is 0 Å². The quantitative estimate of drug-likeness (QED) is 0.228. The van der Waals surface area contributed by atoms with Crippen LogP contribution in [-0.4, -0.2) is 41.7 Å². The highest BCUT2D eigenvalue weighted by atomic mass is 28.4. The van der Waals surface area contributed by atoms with Gasteiger partial charge >= 0.3 is 5.97 Å². The highest BCUT2D eigenvalue weighted by Crippen LogP contribution is 2.43. The van der Waals surface area contributed by atoms with Crippen LogP contribution in [0.25, 0.3) is 0 Å². The third kappa shape index (κ3) is 7.77. The number of anilines is 1. The lowest BCUT2D eigenvalue weighted by atomic mass is 9.99. The summed E-state index contributed by atoms with van der Waals surface area (Å²) in [5, 5.41) is 1.17. The molecule has 1 aliphatic heterocycles. The molecule has 0 radical (unpaired) electrons. The summed E-state index contributed by atoms with van der Waals surface area (Å²) < 4.78 is 24.9. The zero-order valence-electron chi connectivity index (χ0n) is 26.6. The fraction of sp³-hybridized carbons (Fsp3) is 0.500. The van der Waals surface area contributed by atoms with E-state index in [1.165, 1.54) is 18.2 Å². The Morgan fingerprint density at radius 2 is 1.56 bits per heavy atom. The molecular weight excluding hydrogens is 551 g/mol. The number of amides is 1. The van der Waals surface area contributed by atoms with E-state index in [1.807, 2.05) is 36.4 Å². The van der Waals surface area contributed by atoms with Crippen LogP contribution in [0.4, 0.5) is 5.69 Å². The average molecular weight is 598 g/mol. The van der Waals surface area contributed by atoms with Crippen LogP contribution >= 0.6 is 0 Å². The topological polar surface area (TPSA) is 74.3 Å². The molecule has 1 aliphatic rings. The number of fused-ring (bicyclic) bond motifs is 1. The van der Waals surface area contributed by atoms with E-state index in [0.29, 0.717) is 24.5 Å². The summed E-state index contributed by atoms with van der Waals surface area (Å²) in [7, 11) is -3.33. The van der Waals surface area contributed by atoms with Gasteiger partial charge in [-0.15, -0.1) is 0 Å². The van der Waals surface area contributed by atoms with Crippen LogP contribution < -0.4 is 9.80 Å². The summed E-state index contributed by atoms with van der Waals surface area (Å²) in [5.41, 5.74) is 2.47. The molecule has 2 aromatic carbocycles. The molecule has 2 aromatic rings. The third-order valence-electron chi connectivity index (χ3n) is 8.50. The Kier molecular flexibility index (Phi) is 9.80. The Morgan fingerprint density at radius 1 is 0.951 bits per heavy atom. The Labute approximate surface area is 248 Å². The van der Waals surface area contributed by atoms with Crippen LogP contribution in [0.1, 0.15) is 63.0 Å². The van der Waals surface area contributed by atoms with Crippen molar-refractivity contribution >= 4 is 34.2 Å². The molecule has 0 spiro atoms. The standard InChI is InChI=1S/C32H47NO6Si2/c1-31(2,3)40(8,9)38-25-17-18-29(34)33(39-41(10,11)32(4,5)6)27-19-24(30(35)36-7)20-28(26(27)21-25)37-22-23-15-13-12-14-16-23/h12-20,25H,21-22H2,1-11H3/b18-17-/t25-/m0/s1. The van der Waals surface area contributed by atoms with E-state index in [1.54, 1.807) is 12.1 Å². The summed E-state index contributed by atoms with van der Waals surface area (Å²) >= 11 is 0. The number of methoxy groups -OCH3 is 1. The van der Waals surface area contributed by atoms with Crippen molar-refractivity contribution in [1.29, 1.82) is 0 Å². The normalized spacial score (nSPS) is 17.4. The molecule has 3 rings (SSSR count). The van der Waals surface area contributed by atoms with Crippen LogP contribution in [0.2, 0.25) is 36.3 Å². The minimum absolute atomic E-state index is 0.0189. The number of esters is 1. The van der Waals surface area contributed by atoms with Gasteiger partial charge in [-0.2, -0.15) is 5.06 Å². The molecule has 1 heterocycles. The van der Waals surface area contributed by atoms with Gasteiger partial charge in [0.05, 0.1) is 24.5 Å². The molecule has 7 nitrogen and oxygen atoms in total. The Bertz CT molecular complexity index is 1280. The Balaban J connectivity index is 2.22. The van der Waals surface area contributed by atoms with Gasteiger partial charge in [0.25, 0.3) is 5.91 Å². The third-order valence-corrected chi connectivity index (χ3v) is 17.3. The SMILES string of the molecule is COC(=O)c1cc(OCc2ccccc2)c2c(c1)N(O[Si](C)(C)C(C)(C)C)C(=O)/C=C\[C@H](O[Si](C)(C)C(C)(C)C)C2. The smallest absolute Gasteiger partial charge is 0.338 e. The summed E-state index contributed by atoms with van der Waals surface area (Å²) in [5.74, 6) is -0.373. The Morgan fingerprint density at radius 3 is 2.12 bits per heavy atom. The minimum atomic E-state index is -2.47. The van der Waals surface area contributed by atoms with Crippen LogP contribution in [-0.2, 0) is 31.5 Å². The molecular formula is C32H47NO6Si2. The number of carbonyl (C=O) groups excluding carboxylic acids is 2. The first-order chi connectivity index (χ1) is 18.9.